The van der Waals surface area contributed by atoms with Crippen LogP contribution in [0.5, 0.6) is 0 Å². The molecule has 23 heavy (non-hydrogen) atoms. The fraction of sp³-hybridized carbons (Fsp3) is 0.529. The number of nitrogens with one attached hydrogen (secondary N) is 2. The number of hydrogen-bond acceptors (Lipinski definition) is 3. The zero-order valence-electron chi connectivity index (χ0n) is 13.0. The molecular formula is C17H21BrN4O. The van der Waals surface area contributed by atoms with Gasteiger partial charge >= 0.3 is 0 Å². The summed E-state index contributed by atoms with van der Waals surface area (Å²) in [6, 6.07) is 2.70. The van der Waals surface area contributed by atoms with Crippen molar-refractivity contribution in [2.75, 3.05) is 13.1 Å². The van der Waals surface area contributed by atoms with Crippen LogP contribution in [-0.4, -0.2) is 52.1 Å². The van der Waals surface area contributed by atoms with E-state index in [1.807, 2.05) is 18.3 Å². The van der Waals surface area contributed by atoms with Crippen LogP contribution in [-0.2, 0) is 4.79 Å². The predicted octanol–water partition coefficient (Wildman–Crippen LogP) is 2.85. The third kappa shape index (κ3) is 2.73. The number of aromatic amines is 1. The summed E-state index contributed by atoms with van der Waals surface area (Å²) in [6.07, 6.45) is 9.46. The molecule has 5 nitrogen and oxygen atoms in total. The summed E-state index contributed by atoms with van der Waals surface area (Å²) in [4.78, 5) is 20.3. The number of carbonyl (C=O) groups is 1. The van der Waals surface area contributed by atoms with Gasteiger partial charge in [-0.2, -0.15) is 0 Å². The van der Waals surface area contributed by atoms with E-state index >= 15 is 0 Å². The number of likely N-dealkylation sites (tertiary alicyclic amines) is 1. The molecule has 0 spiro atoms. The Morgan fingerprint density at radius 1 is 1.26 bits per heavy atom. The van der Waals surface area contributed by atoms with Gasteiger partial charge in [0.15, 0.2) is 0 Å². The van der Waals surface area contributed by atoms with Crippen LogP contribution >= 0.6 is 15.9 Å². The lowest BCUT2D eigenvalue weighted by atomic mass is 10.1. The quantitative estimate of drug-likeness (QED) is 0.793. The highest BCUT2D eigenvalue weighted by atomic mass is 79.9. The predicted molar refractivity (Wildman–Crippen MR) is 93.2 cm³/mol. The highest BCUT2D eigenvalue weighted by Gasteiger charge is 2.46. The first-order valence-electron chi connectivity index (χ1n) is 8.29. The first-order chi connectivity index (χ1) is 11.2. The first-order valence-corrected chi connectivity index (χ1v) is 9.09. The first kappa shape index (κ1) is 15.0. The Labute approximate surface area is 144 Å². The van der Waals surface area contributed by atoms with E-state index in [0.717, 1.165) is 54.6 Å². The summed E-state index contributed by atoms with van der Waals surface area (Å²) < 4.78 is 1.01. The molecule has 4 rings (SSSR count). The minimum Gasteiger partial charge on any atom is -0.366 e. The Morgan fingerprint density at radius 3 is 2.48 bits per heavy atom. The lowest BCUT2D eigenvalue weighted by Gasteiger charge is -2.43. The van der Waals surface area contributed by atoms with Gasteiger partial charge in [0, 0.05) is 48.0 Å². The van der Waals surface area contributed by atoms with Crippen LogP contribution in [0.25, 0.3) is 5.70 Å². The molecule has 2 aliphatic heterocycles. The number of H-pyrrole nitrogens is 1. The summed E-state index contributed by atoms with van der Waals surface area (Å²) in [5.74, 6) is 0.693. The van der Waals surface area contributed by atoms with Gasteiger partial charge in [-0.1, -0.05) is 0 Å². The zero-order chi connectivity index (χ0) is 16.0. The summed E-state index contributed by atoms with van der Waals surface area (Å²) in [5.41, 5.74) is 2.06. The van der Waals surface area contributed by atoms with E-state index in [-0.39, 0.29) is 0 Å². The molecule has 3 aliphatic rings. The van der Waals surface area contributed by atoms with Crippen LogP contribution in [0.1, 0.15) is 31.4 Å². The van der Waals surface area contributed by atoms with Crippen LogP contribution in [0.4, 0.5) is 0 Å². The van der Waals surface area contributed by atoms with Crippen LogP contribution in [0.2, 0.25) is 0 Å². The Hall–Kier alpha value is -1.56. The van der Waals surface area contributed by atoms with Crippen LogP contribution in [0.15, 0.2) is 22.8 Å². The maximum atomic E-state index is 12.5. The molecule has 2 N–H and O–H groups in total. The number of amides is 1. The normalized spacial score (nSPS) is 27.4. The van der Waals surface area contributed by atoms with E-state index in [9.17, 15) is 4.79 Å². The van der Waals surface area contributed by atoms with E-state index in [1.54, 1.807) is 0 Å². The molecule has 3 heterocycles. The molecule has 122 valence electrons. The Morgan fingerprint density at radius 2 is 1.96 bits per heavy atom. The van der Waals surface area contributed by atoms with Crippen LogP contribution in [0, 0.1) is 11.3 Å². The molecule has 0 aromatic carbocycles. The van der Waals surface area contributed by atoms with Gasteiger partial charge in [-0.05, 0) is 53.8 Å². The number of halogens is 1. The van der Waals surface area contributed by atoms with Crippen LogP contribution < -0.4 is 0 Å². The lowest BCUT2D eigenvalue weighted by molar-refractivity contribution is -0.137. The second-order valence-corrected chi connectivity index (χ2v) is 7.68. The number of nitrogens with zero attached hydrogens (tertiary/aromatic N) is 2. The summed E-state index contributed by atoms with van der Waals surface area (Å²) in [5, 5.41) is 7.48. The molecule has 1 saturated carbocycles. The van der Waals surface area contributed by atoms with Crippen molar-refractivity contribution in [3.8, 4) is 0 Å². The number of hydrogen-bond donors (Lipinski definition) is 2. The lowest BCUT2D eigenvalue weighted by Crippen LogP contribution is -2.55. The highest BCUT2D eigenvalue weighted by Crippen LogP contribution is 2.39. The standard InChI is InChI=1S/C17H21BrN4O/c18-12-7-15(20-8-12)16(5-6-19)21-9-13-3-4-14(10-21)22(13)17(23)11-1-2-11/h5-8,11,13-14,19-20H,1-4,9-10H2/b16-5+,19-6?. The van der Waals surface area contributed by atoms with Crippen molar-refractivity contribution >= 4 is 33.7 Å². The van der Waals surface area contributed by atoms with Crippen molar-refractivity contribution in [3.05, 3.63) is 28.5 Å². The summed E-state index contributed by atoms with van der Waals surface area (Å²) >= 11 is 3.48. The average molecular weight is 377 g/mol. The Kier molecular flexibility index (Phi) is 3.79. The highest BCUT2D eigenvalue weighted by molar-refractivity contribution is 9.10. The fourth-order valence-corrected chi connectivity index (χ4v) is 4.30. The molecule has 6 heteroatoms. The van der Waals surface area contributed by atoms with Crippen molar-refractivity contribution < 1.29 is 4.79 Å². The molecule has 1 aromatic rings. The maximum Gasteiger partial charge on any atom is 0.226 e. The van der Waals surface area contributed by atoms with Crippen molar-refractivity contribution in [2.24, 2.45) is 5.92 Å². The SMILES string of the molecule is N=C/C=C(\c1cc(Br)c[nH]1)N1CC2CCC(C1)N2C(=O)C1CC1. The van der Waals surface area contributed by atoms with E-state index < -0.39 is 0 Å². The average Bonchev–Trinajstić information content (AvgIpc) is 3.25. The van der Waals surface area contributed by atoms with Gasteiger partial charge in [-0.25, -0.2) is 0 Å². The third-order valence-electron chi connectivity index (χ3n) is 5.17. The van der Waals surface area contributed by atoms with E-state index in [2.05, 4.69) is 30.7 Å². The van der Waals surface area contributed by atoms with Crippen molar-refractivity contribution in [1.29, 1.82) is 5.41 Å². The molecule has 0 radical (unpaired) electrons. The van der Waals surface area contributed by atoms with Gasteiger partial charge in [0.25, 0.3) is 0 Å². The zero-order valence-corrected chi connectivity index (χ0v) is 14.6. The number of piperazine rings is 1. The van der Waals surface area contributed by atoms with Gasteiger partial charge < -0.3 is 20.2 Å². The Bertz CT molecular complexity index is 649. The van der Waals surface area contributed by atoms with Gasteiger partial charge in [0.05, 0.1) is 11.4 Å². The van der Waals surface area contributed by atoms with E-state index in [1.165, 1.54) is 6.21 Å². The number of fused-ring (bicyclic) bond motifs is 2. The smallest absolute Gasteiger partial charge is 0.226 e. The van der Waals surface area contributed by atoms with E-state index in [4.69, 9.17) is 5.41 Å². The number of aromatic nitrogens is 1. The van der Waals surface area contributed by atoms with Gasteiger partial charge in [-0.3, -0.25) is 4.79 Å². The number of carbonyl (C=O) groups excluding carboxylic acids is 1. The fourth-order valence-electron chi connectivity index (χ4n) is 3.96. The molecule has 3 fully saturated rings. The molecule has 2 unspecified atom stereocenters. The van der Waals surface area contributed by atoms with E-state index in [0.29, 0.717) is 23.9 Å². The summed E-state index contributed by atoms with van der Waals surface area (Å²) in [6.45, 7) is 1.73. The van der Waals surface area contributed by atoms with Gasteiger partial charge in [0.2, 0.25) is 5.91 Å². The maximum absolute atomic E-state index is 12.5. The minimum atomic E-state index is 0.306. The second-order valence-electron chi connectivity index (χ2n) is 6.76. The minimum absolute atomic E-state index is 0.306. The number of allylic oxidation sites excluding steroid dienone is 1. The van der Waals surface area contributed by atoms with Crippen molar-refractivity contribution in [1.82, 2.24) is 14.8 Å². The number of rotatable bonds is 4. The Balaban J connectivity index is 1.56. The molecule has 2 atom stereocenters. The van der Waals surface area contributed by atoms with Crippen LogP contribution in [0.3, 0.4) is 0 Å². The third-order valence-corrected chi connectivity index (χ3v) is 5.63. The molecule has 2 bridgehead atoms. The largest absolute Gasteiger partial charge is 0.366 e. The molecular weight excluding hydrogens is 356 g/mol. The van der Waals surface area contributed by atoms with Crippen molar-refractivity contribution in [3.63, 3.8) is 0 Å². The molecule has 1 amide bonds. The monoisotopic (exact) mass is 376 g/mol. The molecule has 2 saturated heterocycles. The molecule has 1 aliphatic carbocycles. The van der Waals surface area contributed by atoms with Gasteiger partial charge in [-0.15, -0.1) is 0 Å². The topological polar surface area (TPSA) is 63.2 Å². The molecule has 1 aromatic heterocycles. The van der Waals surface area contributed by atoms with Gasteiger partial charge in [0.1, 0.15) is 0 Å². The summed E-state index contributed by atoms with van der Waals surface area (Å²) in [7, 11) is 0. The van der Waals surface area contributed by atoms with Crippen molar-refractivity contribution in [2.45, 2.75) is 37.8 Å². The second kappa shape index (κ2) is 5.82.